The summed E-state index contributed by atoms with van der Waals surface area (Å²) in [5, 5.41) is 11.7. The third-order valence-electron chi connectivity index (χ3n) is 4.32. The van der Waals surface area contributed by atoms with Crippen molar-refractivity contribution in [1.82, 2.24) is 5.32 Å². The molecule has 2 N–H and O–H groups in total. The summed E-state index contributed by atoms with van der Waals surface area (Å²) in [6, 6.07) is 0. The Labute approximate surface area is 102 Å². The molecule has 1 aliphatic carbocycles. The Balaban J connectivity index is 1.75. The van der Waals surface area contributed by atoms with E-state index in [-0.39, 0.29) is 5.91 Å². The number of hydrogen-bond acceptors (Lipinski definition) is 2. The first-order valence-corrected chi connectivity index (χ1v) is 6.63. The molecule has 0 aromatic carbocycles. The summed E-state index contributed by atoms with van der Waals surface area (Å²) in [5.74, 6) is 1.21. The second kappa shape index (κ2) is 5.52. The summed E-state index contributed by atoms with van der Waals surface area (Å²) in [7, 11) is 0. The first-order chi connectivity index (χ1) is 8.15. The number of piperidine rings is 1. The molecule has 0 radical (unpaired) electrons. The highest BCUT2D eigenvalue weighted by atomic mass is 16.4. The van der Waals surface area contributed by atoms with Crippen molar-refractivity contribution >= 4 is 11.9 Å². The zero-order valence-corrected chi connectivity index (χ0v) is 10.2. The van der Waals surface area contributed by atoms with E-state index in [1.54, 1.807) is 0 Å². The zero-order chi connectivity index (χ0) is 12.3. The fraction of sp³-hybridized carbons (Fsp3) is 0.846. The molecule has 1 heterocycles. The van der Waals surface area contributed by atoms with Gasteiger partial charge in [0.05, 0.1) is 0 Å². The Morgan fingerprint density at radius 1 is 1.18 bits per heavy atom. The van der Waals surface area contributed by atoms with Crippen molar-refractivity contribution < 1.29 is 14.7 Å². The zero-order valence-electron chi connectivity index (χ0n) is 10.2. The molecule has 0 spiro atoms. The first kappa shape index (κ1) is 12.4. The molecule has 1 unspecified atom stereocenters. The number of hydrogen-bond donors (Lipinski definition) is 2. The summed E-state index contributed by atoms with van der Waals surface area (Å²) < 4.78 is 0. The molecule has 1 amide bonds. The number of rotatable bonds is 3. The van der Waals surface area contributed by atoms with Gasteiger partial charge in [0.15, 0.2) is 0 Å². The van der Waals surface area contributed by atoms with Crippen LogP contribution in [0.15, 0.2) is 0 Å². The van der Waals surface area contributed by atoms with Gasteiger partial charge in [-0.05, 0) is 49.9 Å². The van der Waals surface area contributed by atoms with Crippen LogP contribution >= 0.6 is 0 Å². The lowest BCUT2D eigenvalue weighted by atomic mass is 9.73. The Hall–Kier alpha value is -1.06. The van der Waals surface area contributed by atoms with Gasteiger partial charge in [-0.1, -0.05) is 0 Å². The summed E-state index contributed by atoms with van der Waals surface area (Å²) in [4.78, 5) is 21.7. The van der Waals surface area contributed by atoms with E-state index in [1.807, 2.05) is 0 Å². The molecule has 0 bridgehead atoms. The van der Waals surface area contributed by atoms with Gasteiger partial charge in [-0.15, -0.1) is 0 Å². The Morgan fingerprint density at radius 3 is 2.41 bits per heavy atom. The van der Waals surface area contributed by atoms with Crippen LogP contribution in [0.4, 0.5) is 0 Å². The van der Waals surface area contributed by atoms with E-state index >= 15 is 0 Å². The fourth-order valence-electron chi connectivity index (χ4n) is 3.26. The second-order valence-corrected chi connectivity index (χ2v) is 5.48. The molecule has 2 fully saturated rings. The average molecular weight is 239 g/mol. The van der Waals surface area contributed by atoms with E-state index in [0.717, 1.165) is 38.6 Å². The third kappa shape index (κ3) is 3.45. The van der Waals surface area contributed by atoms with Crippen molar-refractivity contribution in [3.63, 3.8) is 0 Å². The molecule has 0 aromatic rings. The summed E-state index contributed by atoms with van der Waals surface area (Å²) in [6.07, 6.45) is 6.37. The van der Waals surface area contributed by atoms with Crippen LogP contribution in [-0.4, -0.2) is 23.5 Å². The molecule has 17 heavy (non-hydrogen) atoms. The SMILES string of the molecule is O=C(O)CC1CCC(C2CCC(=O)NC2)CC1. The number of carboxylic acid groups (broad SMARTS) is 1. The van der Waals surface area contributed by atoms with Crippen molar-refractivity contribution in [2.75, 3.05) is 6.54 Å². The van der Waals surface area contributed by atoms with Crippen LogP contribution in [0.5, 0.6) is 0 Å². The smallest absolute Gasteiger partial charge is 0.303 e. The summed E-state index contributed by atoms with van der Waals surface area (Å²) >= 11 is 0. The van der Waals surface area contributed by atoms with E-state index in [1.165, 1.54) is 0 Å². The quantitative estimate of drug-likeness (QED) is 0.789. The van der Waals surface area contributed by atoms with Crippen LogP contribution in [0.1, 0.15) is 44.9 Å². The maximum absolute atomic E-state index is 11.1. The minimum Gasteiger partial charge on any atom is -0.481 e. The molecule has 96 valence electrons. The average Bonchev–Trinajstić information content (AvgIpc) is 2.30. The molecule has 2 aliphatic rings. The van der Waals surface area contributed by atoms with Crippen LogP contribution < -0.4 is 5.32 Å². The van der Waals surface area contributed by atoms with Gasteiger partial charge in [-0.3, -0.25) is 9.59 Å². The van der Waals surface area contributed by atoms with Crippen molar-refractivity contribution in [3.8, 4) is 0 Å². The largest absolute Gasteiger partial charge is 0.481 e. The minimum absolute atomic E-state index is 0.181. The molecule has 0 aromatic heterocycles. The predicted octanol–water partition coefficient (Wildman–Crippen LogP) is 1.79. The highest BCUT2D eigenvalue weighted by Crippen LogP contribution is 2.37. The first-order valence-electron chi connectivity index (χ1n) is 6.63. The van der Waals surface area contributed by atoms with E-state index in [9.17, 15) is 9.59 Å². The third-order valence-corrected chi connectivity index (χ3v) is 4.32. The molecule has 1 saturated heterocycles. The van der Waals surface area contributed by atoms with Crippen LogP contribution in [0.2, 0.25) is 0 Å². The Bertz CT molecular complexity index is 285. The van der Waals surface area contributed by atoms with Gasteiger partial charge in [-0.2, -0.15) is 0 Å². The minimum atomic E-state index is -0.668. The monoisotopic (exact) mass is 239 g/mol. The highest BCUT2D eigenvalue weighted by Gasteiger charge is 2.30. The number of carbonyl (C=O) groups excluding carboxylic acids is 1. The molecule has 1 saturated carbocycles. The summed E-state index contributed by atoms with van der Waals surface area (Å²) in [5.41, 5.74) is 0. The fourth-order valence-corrected chi connectivity index (χ4v) is 3.26. The van der Waals surface area contributed by atoms with Gasteiger partial charge in [0.1, 0.15) is 0 Å². The van der Waals surface area contributed by atoms with Gasteiger partial charge >= 0.3 is 5.97 Å². The normalized spacial score (nSPS) is 34.1. The maximum atomic E-state index is 11.1. The topological polar surface area (TPSA) is 66.4 Å². The van der Waals surface area contributed by atoms with E-state index in [0.29, 0.717) is 30.6 Å². The molecule has 4 heteroatoms. The van der Waals surface area contributed by atoms with E-state index in [4.69, 9.17) is 5.11 Å². The lowest BCUT2D eigenvalue weighted by Crippen LogP contribution is -2.39. The Morgan fingerprint density at radius 2 is 1.88 bits per heavy atom. The van der Waals surface area contributed by atoms with Crippen LogP contribution in [0.25, 0.3) is 0 Å². The summed E-state index contributed by atoms with van der Waals surface area (Å²) in [6.45, 7) is 0.826. The van der Waals surface area contributed by atoms with Gasteiger partial charge in [0.2, 0.25) is 5.91 Å². The van der Waals surface area contributed by atoms with Crippen LogP contribution in [0.3, 0.4) is 0 Å². The highest BCUT2D eigenvalue weighted by molar-refractivity contribution is 5.76. The molecular formula is C13H21NO3. The van der Waals surface area contributed by atoms with E-state index < -0.39 is 5.97 Å². The van der Waals surface area contributed by atoms with E-state index in [2.05, 4.69) is 5.32 Å². The predicted molar refractivity (Wildman–Crippen MR) is 63.4 cm³/mol. The standard InChI is InChI=1S/C13H21NO3/c15-12-6-5-11(8-14-12)10-3-1-9(2-4-10)7-13(16)17/h9-11H,1-8H2,(H,14,15)(H,16,17). The number of amides is 1. The lowest BCUT2D eigenvalue weighted by molar-refractivity contribution is -0.138. The van der Waals surface area contributed by atoms with Crippen LogP contribution in [-0.2, 0) is 9.59 Å². The molecule has 1 aliphatic heterocycles. The van der Waals surface area contributed by atoms with Crippen molar-refractivity contribution in [3.05, 3.63) is 0 Å². The molecule has 2 rings (SSSR count). The lowest BCUT2D eigenvalue weighted by Gasteiger charge is -2.35. The number of aliphatic carboxylic acids is 1. The van der Waals surface area contributed by atoms with Gasteiger partial charge < -0.3 is 10.4 Å². The van der Waals surface area contributed by atoms with Crippen LogP contribution in [0, 0.1) is 17.8 Å². The molecular weight excluding hydrogens is 218 g/mol. The number of carboxylic acids is 1. The Kier molecular flexibility index (Phi) is 4.02. The number of nitrogens with one attached hydrogen (secondary N) is 1. The van der Waals surface area contributed by atoms with Gasteiger partial charge in [-0.25, -0.2) is 0 Å². The molecule has 1 atom stereocenters. The molecule has 4 nitrogen and oxygen atoms in total. The second-order valence-electron chi connectivity index (χ2n) is 5.48. The maximum Gasteiger partial charge on any atom is 0.303 e. The van der Waals surface area contributed by atoms with Crippen molar-refractivity contribution in [2.24, 2.45) is 17.8 Å². The van der Waals surface area contributed by atoms with Gasteiger partial charge in [0, 0.05) is 19.4 Å². The van der Waals surface area contributed by atoms with Crippen molar-refractivity contribution in [2.45, 2.75) is 44.9 Å². The number of carbonyl (C=O) groups is 2. The van der Waals surface area contributed by atoms with Crippen molar-refractivity contribution in [1.29, 1.82) is 0 Å². The van der Waals surface area contributed by atoms with Gasteiger partial charge in [0.25, 0.3) is 0 Å².